The molecule has 0 spiro atoms. The Kier molecular flexibility index (Phi) is 6.96. The summed E-state index contributed by atoms with van der Waals surface area (Å²) in [5, 5.41) is 11.5. The minimum Gasteiger partial charge on any atom is -0.366 e. The SMILES string of the molecule is CC1CCN(c2ccc(S(=O)(=O)NCCCN(C)C)cc2[N+](=O)[O-])CC1. The topological polar surface area (TPSA) is 95.8 Å². The van der Waals surface area contributed by atoms with Crippen molar-refractivity contribution in [2.75, 3.05) is 45.2 Å². The highest BCUT2D eigenvalue weighted by Crippen LogP contribution is 2.33. The number of hydrogen-bond acceptors (Lipinski definition) is 6. The van der Waals surface area contributed by atoms with Gasteiger partial charge in [-0.25, -0.2) is 13.1 Å². The number of hydrogen-bond donors (Lipinski definition) is 1. The Morgan fingerprint density at radius 1 is 1.31 bits per heavy atom. The number of benzene rings is 1. The van der Waals surface area contributed by atoms with Crippen LogP contribution >= 0.6 is 0 Å². The van der Waals surface area contributed by atoms with Gasteiger partial charge in [0, 0.05) is 25.7 Å². The second kappa shape index (κ2) is 8.79. The summed E-state index contributed by atoms with van der Waals surface area (Å²) in [7, 11) is 0.0672. The zero-order valence-corrected chi connectivity index (χ0v) is 16.5. The number of nitrogens with one attached hydrogen (secondary N) is 1. The van der Waals surface area contributed by atoms with Crippen LogP contribution in [0.2, 0.25) is 0 Å². The van der Waals surface area contributed by atoms with Crippen LogP contribution in [0.15, 0.2) is 23.1 Å². The number of nitro benzene ring substituents is 1. The molecule has 26 heavy (non-hydrogen) atoms. The maximum Gasteiger partial charge on any atom is 0.293 e. The average molecular weight is 385 g/mol. The molecular formula is C17H28N4O4S. The number of nitro groups is 1. The minimum atomic E-state index is -3.76. The Labute approximate surface area is 155 Å². The molecule has 0 atom stereocenters. The maximum atomic E-state index is 12.4. The Morgan fingerprint density at radius 2 is 1.96 bits per heavy atom. The van der Waals surface area contributed by atoms with E-state index in [-0.39, 0.29) is 10.6 Å². The molecule has 1 saturated heterocycles. The molecule has 146 valence electrons. The molecule has 1 aliphatic heterocycles. The number of piperidine rings is 1. The molecule has 1 aromatic carbocycles. The largest absolute Gasteiger partial charge is 0.366 e. The molecule has 0 unspecified atom stereocenters. The molecule has 0 bridgehead atoms. The molecule has 1 aliphatic rings. The van der Waals surface area contributed by atoms with E-state index in [1.54, 1.807) is 6.07 Å². The second-order valence-corrected chi connectivity index (χ2v) is 8.90. The summed E-state index contributed by atoms with van der Waals surface area (Å²) in [5.74, 6) is 0.608. The van der Waals surface area contributed by atoms with Gasteiger partial charge in [0.15, 0.2) is 0 Å². The molecule has 8 nitrogen and oxygen atoms in total. The van der Waals surface area contributed by atoms with Gasteiger partial charge in [0.25, 0.3) is 5.69 Å². The molecule has 1 N–H and O–H groups in total. The summed E-state index contributed by atoms with van der Waals surface area (Å²) in [6.45, 7) is 4.71. The van der Waals surface area contributed by atoms with Gasteiger partial charge in [0.2, 0.25) is 10.0 Å². The van der Waals surface area contributed by atoms with E-state index in [1.807, 2.05) is 23.9 Å². The lowest BCUT2D eigenvalue weighted by Gasteiger charge is -2.31. The van der Waals surface area contributed by atoms with Crippen LogP contribution in [-0.4, -0.2) is 58.5 Å². The van der Waals surface area contributed by atoms with Gasteiger partial charge in [0.05, 0.1) is 9.82 Å². The molecule has 2 rings (SSSR count). The lowest BCUT2D eigenvalue weighted by molar-refractivity contribution is -0.384. The Hall–Kier alpha value is -1.71. The summed E-state index contributed by atoms with van der Waals surface area (Å²) in [6, 6.07) is 4.18. The van der Waals surface area contributed by atoms with Gasteiger partial charge < -0.3 is 9.80 Å². The van der Waals surface area contributed by atoms with Crippen molar-refractivity contribution in [2.45, 2.75) is 31.1 Å². The monoisotopic (exact) mass is 384 g/mol. The predicted molar refractivity (Wildman–Crippen MR) is 102 cm³/mol. The van der Waals surface area contributed by atoms with Gasteiger partial charge in [-0.05, 0) is 58.0 Å². The number of sulfonamides is 1. The molecule has 1 heterocycles. The number of rotatable bonds is 8. The van der Waals surface area contributed by atoms with Crippen molar-refractivity contribution >= 4 is 21.4 Å². The van der Waals surface area contributed by atoms with Crippen LogP contribution in [0.3, 0.4) is 0 Å². The molecule has 0 saturated carbocycles. The lowest BCUT2D eigenvalue weighted by atomic mass is 9.98. The molecule has 0 radical (unpaired) electrons. The van der Waals surface area contributed by atoms with E-state index in [4.69, 9.17) is 0 Å². The average Bonchev–Trinajstić information content (AvgIpc) is 2.59. The summed E-state index contributed by atoms with van der Waals surface area (Å²) in [6.07, 6.45) is 2.62. The van der Waals surface area contributed by atoms with Gasteiger partial charge in [-0.15, -0.1) is 0 Å². The molecule has 0 aromatic heterocycles. The lowest BCUT2D eigenvalue weighted by Crippen LogP contribution is -2.33. The van der Waals surface area contributed by atoms with Crippen LogP contribution in [0.1, 0.15) is 26.2 Å². The second-order valence-electron chi connectivity index (χ2n) is 7.13. The van der Waals surface area contributed by atoms with Crippen molar-refractivity contribution < 1.29 is 13.3 Å². The normalized spacial score (nSPS) is 16.2. The van der Waals surface area contributed by atoms with Gasteiger partial charge in [0.1, 0.15) is 5.69 Å². The maximum absolute atomic E-state index is 12.4. The molecule has 1 fully saturated rings. The number of anilines is 1. The van der Waals surface area contributed by atoms with Crippen LogP contribution in [0.25, 0.3) is 0 Å². The zero-order valence-electron chi connectivity index (χ0n) is 15.6. The highest BCUT2D eigenvalue weighted by atomic mass is 32.2. The first-order valence-electron chi connectivity index (χ1n) is 8.88. The van der Waals surface area contributed by atoms with Crippen LogP contribution < -0.4 is 9.62 Å². The quantitative estimate of drug-likeness (QED) is 0.419. The summed E-state index contributed by atoms with van der Waals surface area (Å²) < 4.78 is 27.4. The van der Waals surface area contributed by atoms with Gasteiger partial charge >= 0.3 is 0 Å². The van der Waals surface area contributed by atoms with Crippen molar-refractivity contribution in [3.05, 3.63) is 28.3 Å². The fraction of sp³-hybridized carbons (Fsp3) is 0.647. The van der Waals surface area contributed by atoms with Gasteiger partial charge in [-0.1, -0.05) is 6.92 Å². The van der Waals surface area contributed by atoms with Crippen molar-refractivity contribution in [2.24, 2.45) is 5.92 Å². The summed E-state index contributed by atoms with van der Waals surface area (Å²) in [5.41, 5.74) is 0.337. The first kappa shape index (κ1) is 20.6. The standard InChI is InChI=1S/C17H28N4O4S/c1-14-7-11-20(12-8-14)16-6-5-15(13-17(16)21(22)23)26(24,25)18-9-4-10-19(2)3/h5-6,13-14,18H,4,7-12H2,1-3H3. The van der Waals surface area contributed by atoms with E-state index in [1.165, 1.54) is 12.1 Å². The van der Waals surface area contributed by atoms with Crippen LogP contribution in [0.5, 0.6) is 0 Å². The predicted octanol–water partition coefficient (Wildman–Crippen LogP) is 2.06. The highest BCUT2D eigenvalue weighted by Gasteiger charge is 2.26. The molecule has 1 aromatic rings. The van der Waals surface area contributed by atoms with Gasteiger partial charge in [-0.3, -0.25) is 10.1 Å². The third-order valence-electron chi connectivity index (χ3n) is 4.65. The van der Waals surface area contributed by atoms with E-state index in [9.17, 15) is 18.5 Å². The molecule has 0 aliphatic carbocycles. The van der Waals surface area contributed by atoms with E-state index < -0.39 is 14.9 Å². The van der Waals surface area contributed by atoms with Crippen molar-refractivity contribution in [3.8, 4) is 0 Å². The first-order valence-corrected chi connectivity index (χ1v) is 10.4. The highest BCUT2D eigenvalue weighted by molar-refractivity contribution is 7.89. The fourth-order valence-corrected chi connectivity index (χ4v) is 4.11. The zero-order chi connectivity index (χ0) is 19.3. The van der Waals surface area contributed by atoms with Crippen molar-refractivity contribution in [1.82, 2.24) is 9.62 Å². The molecule has 0 amide bonds. The summed E-state index contributed by atoms with van der Waals surface area (Å²) >= 11 is 0. The number of nitrogens with zero attached hydrogens (tertiary/aromatic N) is 3. The third-order valence-corrected chi connectivity index (χ3v) is 6.11. The van der Waals surface area contributed by atoms with Crippen LogP contribution in [-0.2, 0) is 10.0 Å². The Bertz CT molecular complexity index is 728. The van der Waals surface area contributed by atoms with Crippen molar-refractivity contribution in [3.63, 3.8) is 0 Å². The molecular weight excluding hydrogens is 356 g/mol. The third kappa shape index (κ3) is 5.39. The van der Waals surface area contributed by atoms with E-state index in [2.05, 4.69) is 11.6 Å². The minimum absolute atomic E-state index is 0.0665. The van der Waals surface area contributed by atoms with E-state index in [0.29, 0.717) is 24.6 Å². The fourth-order valence-electron chi connectivity index (χ4n) is 3.02. The first-order chi connectivity index (χ1) is 12.2. The van der Waals surface area contributed by atoms with Gasteiger partial charge in [-0.2, -0.15) is 0 Å². The smallest absolute Gasteiger partial charge is 0.293 e. The Balaban J connectivity index is 2.17. The Morgan fingerprint density at radius 3 is 2.54 bits per heavy atom. The van der Waals surface area contributed by atoms with E-state index >= 15 is 0 Å². The van der Waals surface area contributed by atoms with Crippen LogP contribution in [0.4, 0.5) is 11.4 Å². The van der Waals surface area contributed by atoms with Crippen LogP contribution in [0, 0.1) is 16.0 Å². The van der Waals surface area contributed by atoms with Crippen molar-refractivity contribution in [1.29, 1.82) is 0 Å². The van der Waals surface area contributed by atoms with E-state index in [0.717, 1.165) is 32.5 Å². The molecule has 9 heteroatoms. The summed E-state index contributed by atoms with van der Waals surface area (Å²) in [4.78, 5) is 14.9.